The largest absolute Gasteiger partial charge is 0.508 e. The molecule has 8 nitrogen and oxygen atoms in total. The molecule has 2 aromatic heterocycles. The lowest BCUT2D eigenvalue weighted by molar-refractivity contribution is 0.215. The maximum atomic E-state index is 12.1. The second-order valence-corrected chi connectivity index (χ2v) is 6.53. The SMILES string of the molecule is C=CCOc1c(C=NOC)c(=O)oc2c(C)c(O)ccc12.O=c1ccc2ccccc2o1. The third-order valence-corrected chi connectivity index (χ3v) is 4.44. The molecule has 4 aromatic rings. The summed E-state index contributed by atoms with van der Waals surface area (Å²) < 4.78 is 15.7. The van der Waals surface area contributed by atoms with E-state index in [2.05, 4.69) is 16.6 Å². The Morgan fingerprint density at radius 1 is 1.09 bits per heavy atom. The Kier molecular flexibility index (Phi) is 7.07. The van der Waals surface area contributed by atoms with Gasteiger partial charge in [0, 0.05) is 17.0 Å². The van der Waals surface area contributed by atoms with Crippen LogP contribution in [0, 0.1) is 6.92 Å². The molecule has 0 saturated carbocycles. The third-order valence-electron chi connectivity index (χ3n) is 4.44. The van der Waals surface area contributed by atoms with Crippen LogP contribution in [0.15, 0.2) is 84.8 Å². The zero-order valence-electron chi connectivity index (χ0n) is 17.5. The number of aryl methyl sites for hydroxylation is 1. The summed E-state index contributed by atoms with van der Waals surface area (Å²) in [6.45, 7) is 5.45. The van der Waals surface area contributed by atoms with Gasteiger partial charge >= 0.3 is 11.3 Å². The Balaban J connectivity index is 0.000000219. The lowest BCUT2D eigenvalue weighted by Crippen LogP contribution is -2.11. The van der Waals surface area contributed by atoms with Crippen molar-refractivity contribution < 1.29 is 23.5 Å². The van der Waals surface area contributed by atoms with Crippen molar-refractivity contribution in [1.29, 1.82) is 0 Å². The van der Waals surface area contributed by atoms with Crippen molar-refractivity contribution in [3.8, 4) is 11.5 Å². The summed E-state index contributed by atoms with van der Waals surface area (Å²) in [5.74, 6) is 0.351. The number of phenols is 1. The summed E-state index contributed by atoms with van der Waals surface area (Å²) in [6.07, 6.45) is 2.79. The molecule has 4 rings (SSSR count). The van der Waals surface area contributed by atoms with E-state index in [0.29, 0.717) is 22.3 Å². The van der Waals surface area contributed by atoms with E-state index < -0.39 is 5.63 Å². The maximum absolute atomic E-state index is 12.1. The molecular weight excluding hydrogens is 414 g/mol. The zero-order chi connectivity index (χ0) is 23.1. The number of hydrogen-bond donors (Lipinski definition) is 1. The van der Waals surface area contributed by atoms with Gasteiger partial charge in [0.2, 0.25) is 0 Å². The number of phenolic OH excluding ortho intramolecular Hbond substituents is 1. The molecule has 164 valence electrons. The van der Waals surface area contributed by atoms with Crippen molar-refractivity contribution >= 4 is 28.2 Å². The predicted octanol–water partition coefficient (Wildman–Crippen LogP) is 4.15. The van der Waals surface area contributed by atoms with Crippen molar-refractivity contribution in [3.63, 3.8) is 0 Å². The summed E-state index contributed by atoms with van der Waals surface area (Å²) in [5, 5.41) is 14.8. The molecule has 0 amide bonds. The van der Waals surface area contributed by atoms with E-state index in [0.717, 1.165) is 5.39 Å². The quantitative estimate of drug-likeness (QED) is 0.217. The van der Waals surface area contributed by atoms with Crippen LogP contribution in [0.25, 0.3) is 21.9 Å². The standard InChI is InChI=1S/C15H15NO5.C9H6O2/c1-4-7-20-14-10-5-6-12(17)9(2)13(10)21-15(18)11(14)8-16-19-3;10-9-6-5-7-3-1-2-4-8(7)11-9/h4-6,8,17H,1,7H2,2-3H3;1-6H. The monoisotopic (exact) mass is 435 g/mol. The highest BCUT2D eigenvalue weighted by molar-refractivity contribution is 5.95. The van der Waals surface area contributed by atoms with Gasteiger partial charge in [0.25, 0.3) is 0 Å². The molecule has 0 aliphatic carbocycles. The fourth-order valence-corrected chi connectivity index (χ4v) is 2.90. The van der Waals surface area contributed by atoms with E-state index in [1.807, 2.05) is 18.2 Å². The van der Waals surface area contributed by atoms with Gasteiger partial charge in [-0.05, 0) is 31.2 Å². The minimum absolute atomic E-state index is 0.0404. The van der Waals surface area contributed by atoms with Crippen LogP contribution in [0.4, 0.5) is 0 Å². The van der Waals surface area contributed by atoms with Gasteiger partial charge in [-0.3, -0.25) is 0 Å². The number of rotatable bonds is 5. The Morgan fingerprint density at radius 3 is 2.62 bits per heavy atom. The fraction of sp³-hybridized carbons (Fsp3) is 0.125. The molecular formula is C24H21NO7. The first kappa shape index (κ1) is 22.4. The number of hydrogen-bond acceptors (Lipinski definition) is 8. The number of ether oxygens (including phenoxy) is 1. The Morgan fingerprint density at radius 2 is 1.88 bits per heavy atom. The molecule has 0 aliphatic rings. The average molecular weight is 435 g/mol. The summed E-state index contributed by atoms with van der Waals surface area (Å²) in [5.41, 5.74) is 0.577. The fourth-order valence-electron chi connectivity index (χ4n) is 2.90. The van der Waals surface area contributed by atoms with E-state index >= 15 is 0 Å². The van der Waals surface area contributed by atoms with Crippen LogP contribution in [0.3, 0.4) is 0 Å². The van der Waals surface area contributed by atoms with Crippen molar-refractivity contribution in [2.24, 2.45) is 5.16 Å². The topological polar surface area (TPSA) is 111 Å². The van der Waals surface area contributed by atoms with Gasteiger partial charge in [-0.2, -0.15) is 0 Å². The van der Waals surface area contributed by atoms with Crippen LogP contribution in [0.5, 0.6) is 11.5 Å². The van der Waals surface area contributed by atoms with Crippen LogP contribution >= 0.6 is 0 Å². The van der Waals surface area contributed by atoms with Gasteiger partial charge in [0.1, 0.15) is 41.9 Å². The predicted molar refractivity (Wildman–Crippen MR) is 122 cm³/mol. The van der Waals surface area contributed by atoms with Gasteiger partial charge in [-0.15, -0.1) is 0 Å². The molecule has 0 bridgehead atoms. The van der Waals surface area contributed by atoms with Crippen LogP contribution < -0.4 is 16.0 Å². The van der Waals surface area contributed by atoms with Gasteiger partial charge in [0.05, 0.1) is 11.6 Å². The Labute approximate surface area is 182 Å². The third kappa shape index (κ3) is 4.86. The molecule has 0 fully saturated rings. The summed E-state index contributed by atoms with van der Waals surface area (Å²) in [6, 6.07) is 13.7. The minimum atomic E-state index is -0.629. The highest BCUT2D eigenvalue weighted by Crippen LogP contribution is 2.32. The highest BCUT2D eigenvalue weighted by Gasteiger charge is 2.17. The van der Waals surface area contributed by atoms with E-state index in [1.165, 1.54) is 25.5 Å². The number of oxime groups is 1. The molecule has 1 N–H and O–H groups in total. The molecule has 0 atom stereocenters. The van der Waals surface area contributed by atoms with Crippen LogP contribution in [-0.2, 0) is 4.84 Å². The van der Waals surface area contributed by atoms with E-state index in [4.69, 9.17) is 13.6 Å². The smallest absolute Gasteiger partial charge is 0.349 e. The van der Waals surface area contributed by atoms with Crippen LogP contribution in [-0.4, -0.2) is 25.0 Å². The van der Waals surface area contributed by atoms with Gasteiger partial charge < -0.3 is 23.5 Å². The molecule has 0 spiro atoms. The first-order valence-corrected chi connectivity index (χ1v) is 9.54. The molecule has 2 heterocycles. The van der Waals surface area contributed by atoms with Crippen molar-refractivity contribution in [1.82, 2.24) is 0 Å². The summed E-state index contributed by atoms with van der Waals surface area (Å²) in [7, 11) is 1.37. The molecule has 32 heavy (non-hydrogen) atoms. The number of para-hydroxylation sites is 1. The minimum Gasteiger partial charge on any atom is -0.508 e. The normalized spacial score (nSPS) is 10.7. The first-order valence-electron chi connectivity index (χ1n) is 9.54. The molecule has 0 aliphatic heterocycles. The molecule has 8 heteroatoms. The molecule has 2 aromatic carbocycles. The van der Waals surface area contributed by atoms with Crippen LogP contribution in [0.1, 0.15) is 11.1 Å². The van der Waals surface area contributed by atoms with Crippen molar-refractivity contribution in [2.75, 3.05) is 13.7 Å². The second kappa shape index (κ2) is 10.1. The van der Waals surface area contributed by atoms with Crippen LogP contribution in [0.2, 0.25) is 0 Å². The van der Waals surface area contributed by atoms with E-state index in [-0.39, 0.29) is 29.1 Å². The van der Waals surface area contributed by atoms with Gasteiger partial charge in [-0.1, -0.05) is 36.0 Å². The summed E-state index contributed by atoms with van der Waals surface area (Å²) in [4.78, 5) is 27.4. The lowest BCUT2D eigenvalue weighted by atomic mass is 10.1. The van der Waals surface area contributed by atoms with Crippen molar-refractivity contribution in [3.05, 3.63) is 93.2 Å². The zero-order valence-corrected chi connectivity index (χ0v) is 17.5. The lowest BCUT2D eigenvalue weighted by Gasteiger charge is -2.11. The number of nitrogens with zero attached hydrogens (tertiary/aromatic N) is 1. The summed E-state index contributed by atoms with van der Waals surface area (Å²) >= 11 is 0. The molecule has 0 unspecified atom stereocenters. The highest BCUT2D eigenvalue weighted by atomic mass is 16.6. The number of aromatic hydroxyl groups is 1. The number of benzene rings is 2. The van der Waals surface area contributed by atoms with Crippen molar-refractivity contribution in [2.45, 2.75) is 6.92 Å². The van der Waals surface area contributed by atoms with E-state index in [1.54, 1.807) is 31.2 Å². The maximum Gasteiger partial charge on any atom is 0.349 e. The number of fused-ring (bicyclic) bond motifs is 2. The Hall–Kier alpha value is -4.33. The molecule has 0 radical (unpaired) electrons. The first-order chi connectivity index (χ1) is 15.5. The Bertz CT molecular complexity index is 1400. The van der Waals surface area contributed by atoms with Gasteiger partial charge in [0.15, 0.2) is 0 Å². The average Bonchev–Trinajstić information content (AvgIpc) is 2.79. The van der Waals surface area contributed by atoms with E-state index in [9.17, 15) is 14.7 Å². The molecule has 0 saturated heterocycles. The van der Waals surface area contributed by atoms with Gasteiger partial charge in [-0.25, -0.2) is 9.59 Å². The second-order valence-electron chi connectivity index (χ2n) is 6.53.